The second kappa shape index (κ2) is 7.40. The molecule has 28 heavy (non-hydrogen) atoms. The van der Waals surface area contributed by atoms with Crippen molar-refractivity contribution in [3.63, 3.8) is 0 Å². The van der Waals surface area contributed by atoms with E-state index in [1.165, 1.54) is 47.2 Å². The maximum absolute atomic E-state index is 5.09. The summed E-state index contributed by atoms with van der Waals surface area (Å²) in [5, 5.41) is 5.64. The van der Waals surface area contributed by atoms with Crippen molar-refractivity contribution in [2.24, 2.45) is 0 Å². The van der Waals surface area contributed by atoms with E-state index in [0.29, 0.717) is 0 Å². The van der Waals surface area contributed by atoms with E-state index < -0.39 is 0 Å². The predicted octanol–water partition coefficient (Wildman–Crippen LogP) is 6.43. The van der Waals surface area contributed by atoms with Crippen molar-refractivity contribution in [1.29, 1.82) is 0 Å². The summed E-state index contributed by atoms with van der Waals surface area (Å²) in [6, 6.07) is 25.8. The van der Waals surface area contributed by atoms with Crippen LogP contribution in [0, 0.1) is 0 Å². The number of fused-ring (bicyclic) bond motifs is 6. The van der Waals surface area contributed by atoms with Crippen molar-refractivity contribution in [3.8, 4) is 5.75 Å². The van der Waals surface area contributed by atoms with Gasteiger partial charge in [-0.15, -0.1) is 0 Å². The second-order valence-corrected chi connectivity index (χ2v) is 7.38. The van der Waals surface area contributed by atoms with Gasteiger partial charge in [-0.3, -0.25) is 0 Å². The summed E-state index contributed by atoms with van der Waals surface area (Å²) in [4.78, 5) is 5.09. The highest BCUT2D eigenvalue weighted by Gasteiger charge is 2.13. The number of hydrogen-bond donors (Lipinski definition) is 1. The number of hydroxylamine groups is 1. The Morgan fingerprint density at radius 2 is 1.50 bits per heavy atom. The van der Waals surface area contributed by atoms with Gasteiger partial charge in [0.1, 0.15) is 0 Å². The Morgan fingerprint density at radius 1 is 0.679 bits per heavy atom. The molecule has 0 aromatic heterocycles. The molecule has 6 rings (SSSR count). The molecule has 0 bridgehead atoms. The molecule has 0 saturated carbocycles. The molecule has 4 aromatic rings. The summed E-state index contributed by atoms with van der Waals surface area (Å²) < 4.78 is 0. The van der Waals surface area contributed by atoms with Crippen molar-refractivity contribution in [2.75, 3.05) is 0 Å². The minimum absolute atomic E-state index is 0.880. The normalized spacial score (nSPS) is 14.3. The number of benzene rings is 4. The molecular formula is C26H23NO. The lowest BCUT2D eigenvalue weighted by Crippen LogP contribution is -2.13. The minimum atomic E-state index is 0.880. The zero-order chi connectivity index (χ0) is 18.8. The van der Waals surface area contributed by atoms with E-state index in [0.717, 1.165) is 11.3 Å². The third-order valence-electron chi connectivity index (χ3n) is 5.68. The average Bonchev–Trinajstić information content (AvgIpc) is 2.79. The Kier molecular flexibility index (Phi) is 4.46. The molecule has 0 amide bonds. The summed E-state index contributed by atoms with van der Waals surface area (Å²) in [7, 11) is 0. The SMILES string of the molecule is C1=Cc2ccccc2ON1.c1ccc2c(c1)ccc1c3c(ccc12)CCCC3. The summed E-state index contributed by atoms with van der Waals surface area (Å²) in [5.41, 5.74) is 6.95. The van der Waals surface area contributed by atoms with E-state index in [2.05, 4.69) is 54.0 Å². The first-order valence-electron chi connectivity index (χ1n) is 10.0. The summed E-state index contributed by atoms with van der Waals surface area (Å²) in [5.74, 6) is 0.880. The van der Waals surface area contributed by atoms with E-state index in [1.807, 2.05) is 30.3 Å². The summed E-state index contributed by atoms with van der Waals surface area (Å²) in [6.45, 7) is 0. The first-order valence-corrected chi connectivity index (χ1v) is 10.0. The van der Waals surface area contributed by atoms with Gasteiger partial charge in [0, 0.05) is 11.8 Å². The molecular weight excluding hydrogens is 342 g/mol. The van der Waals surface area contributed by atoms with Gasteiger partial charge in [-0.25, -0.2) is 5.48 Å². The average molecular weight is 365 g/mol. The van der Waals surface area contributed by atoms with Gasteiger partial charge in [-0.1, -0.05) is 66.7 Å². The second-order valence-electron chi connectivity index (χ2n) is 7.38. The smallest absolute Gasteiger partial charge is 0.162 e. The lowest BCUT2D eigenvalue weighted by atomic mass is 9.86. The third-order valence-corrected chi connectivity index (χ3v) is 5.68. The van der Waals surface area contributed by atoms with E-state index in [9.17, 15) is 0 Å². The van der Waals surface area contributed by atoms with Crippen LogP contribution < -0.4 is 10.3 Å². The first-order chi connectivity index (χ1) is 13.9. The topological polar surface area (TPSA) is 21.3 Å². The zero-order valence-electron chi connectivity index (χ0n) is 15.8. The molecule has 0 radical (unpaired) electrons. The molecule has 2 heteroatoms. The van der Waals surface area contributed by atoms with E-state index >= 15 is 0 Å². The van der Waals surface area contributed by atoms with E-state index in [-0.39, 0.29) is 0 Å². The minimum Gasteiger partial charge on any atom is -0.382 e. The molecule has 4 aromatic carbocycles. The van der Waals surface area contributed by atoms with Gasteiger partial charge < -0.3 is 4.84 Å². The van der Waals surface area contributed by atoms with Gasteiger partial charge >= 0.3 is 0 Å². The number of rotatable bonds is 0. The fourth-order valence-electron chi connectivity index (χ4n) is 4.27. The molecule has 1 N–H and O–H groups in total. The van der Waals surface area contributed by atoms with Crippen LogP contribution >= 0.6 is 0 Å². The molecule has 1 aliphatic heterocycles. The quantitative estimate of drug-likeness (QED) is 0.363. The fourth-order valence-corrected chi connectivity index (χ4v) is 4.27. The van der Waals surface area contributed by atoms with E-state index in [4.69, 9.17) is 4.84 Å². The Labute approximate surface area is 165 Å². The maximum atomic E-state index is 5.09. The number of para-hydroxylation sites is 1. The lowest BCUT2D eigenvalue weighted by Gasteiger charge is -2.18. The van der Waals surface area contributed by atoms with Crippen LogP contribution in [0.15, 0.2) is 79.0 Å². The lowest BCUT2D eigenvalue weighted by molar-refractivity contribution is 0.239. The molecule has 0 fully saturated rings. The molecule has 0 unspecified atom stereocenters. The van der Waals surface area contributed by atoms with Crippen LogP contribution in [0.2, 0.25) is 0 Å². The van der Waals surface area contributed by atoms with Crippen LogP contribution in [-0.4, -0.2) is 0 Å². The van der Waals surface area contributed by atoms with Crippen molar-refractivity contribution in [3.05, 3.63) is 95.7 Å². The van der Waals surface area contributed by atoms with Gasteiger partial charge in [-0.2, -0.15) is 0 Å². The van der Waals surface area contributed by atoms with Crippen molar-refractivity contribution >= 4 is 27.6 Å². The Balaban J connectivity index is 0.000000145. The Hall–Kier alpha value is -3.26. The van der Waals surface area contributed by atoms with Crippen LogP contribution in [0.1, 0.15) is 29.5 Å². The number of hydrogen-bond acceptors (Lipinski definition) is 2. The summed E-state index contributed by atoms with van der Waals surface area (Å²) in [6.07, 6.45) is 8.95. The summed E-state index contributed by atoms with van der Waals surface area (Å²) >= 11 is 0. The highest BCUT2D eigenvalue weighted by Crippen LogP contribution is 2.33. The third kappa shape index (κ3) is 3.11. The van der Waals surface area contributed by atoms with Crippen LogP contribution in [-0.2, 0) is 12.8 Å². The highest BCUT2D eigenvalue weighted by atomic mass is 16.6. The molecule has 138 valence electrons. The van der Waals surface area contributed by atoms with Gasteiger partial charge in [0.05, 0.1) is 0 Å². The molecule has 1 aliphatic carbocycles. The standard InChI is InChI=1S/C18H16.C8H7NO/c1-3-7-15-13(5-1)9-11-18-16-8-4-2-6-14(16)10-12-17(15)18;1-2-4-8-7(3-1)5-6-9-10-8/h1,3,5,7,9-12H,2,4,6,8H2;1-6,9H. The van der Waals surface area contributed by atoms with Gasteiger partial charge in [-0.05, 0) is 70.5 Å². The zero-order valence-corrected chi connectivity index (χ0v) is 15.8. The Morgan fingerprint density at radius 3 is 2.46 bits per heavy atom. The number of nitrogens with one attached hydrogen (secondary N) is 1. The Bertz CT molecular complexity index is 1180. The van der Waals surface area contributed by atoms with Crippen LogP contribution in [0.25, 0.3) is 27.6 Å². The van der Waals surface area contributed by atoms with Gasteiger partial charge in [0.2, 0.25) is 0 Å². The van der Waals surface area contributed by atoms with E-state index in [1.54, 1.807) is 17.3 Å². The largest absolute Gasteiger partial charge is 0.382 e. The predicted molar refractivity (Wildman–Crippen MR) is 117 cm³/mol. The molecule has 2 nitrogen and oxygen atoms in total. The van der Waals surface area contributed by atoms with Crippen molar-refractivity contribution in [1.82, 2.24) is 5.48 Å². The fraction of sp³-hybridized carbons (Fsp3) is 0.154. The monoisotopic (exact) mass is 365 g/mol. The van der Waals surface area contributed by atoms with Crippen LogP contribution in [0.4, 0.5) is 0 Å². The van der Waals surface area contributed by atoms with Crippen LogP contribution in [0.5, 0.6) is 5.75 Å². The van der Waals surface area contributed by atoms with Crippen molar-refractivity contribution in [2.45, 2.75) is 25.7 Å². The maximum Gasteiger partial charge on any atom is 0.162 e. The molecule has 2 aliphatic rings. The molecule has 1 heterocycles. The van der Waals surface area contributed by atoms with Gasteiger partial charge in [0.15, 0.2) is 5.75 Å². The highest BCUT2D eigenvalue weighted by molar-refractivity contribution is 6.08. The number of aryl methyl sites for hydroxylation is 2. The molecule has 0 spiro atoms. The van der Waals surface area contributed by atoms with Crippen molar-refractivity contribution < 1.29 is 4.84 Å². The van der Waals surface area contributed by atoms with Crippen LogP contribution in [0.3, 0.4) is 0 Å². The first kappa shape index (κ1) is 16.9. The van der Waals surface area contributed by atoms with Gasteiger partial charge in [0.25, 0.3) is 0 Å². The molecule has 0 saturated heterocycles. The molecule has 0 atom stereocenters.